The van der Waals surface area contributed by atoms with Crippen molar-refractivity contribution in [3.8, 4) is 0 Å². The predicted octanol–water partition coefficient (Wildman–Crippen LogP) is 1.80. The number of hydrogen-bond acceptors (Lipinski definition) is 3. The van der Waals surface area contributed by atoms with Gasteiger partial charge in [0.05, 0.1) is 0 Å². The summed E-state index contributed by atoms with van der Waals surface area (Å²) >= 11 is 0. The summed E-state index contributed by atoms with van der Waals surface area (Å²) in [6.45, 7) is 1.89. The lowest BCUT2D eigenvalue weighted by atomic mass is 10.2. The fourth-order valence-corrected chi connectivity index (χ4v) is 1.29. The highest BCUT2D eigenvalue weighted by Gasteiger charge is 2.22. The maximum absolute atomic E-state index is 10.3. The van der Waals surface area contributed by atoms with Gasteiger partial charge in [0, 0.05) is 0 Å². The molecule has 0 aromatic carbocycles. The minimum Gasteiger partial charge on any atom is -0.480 e. The fraction of sp³-hybridized carbons (Fsp3) is 0.833. The number of rotatable bonds is 5. The van der Waals surface area contributed by atoms with E-state index in [0.29, 0.717) is 6.42 Å². The Labute approximate surface area is 65.4 Å². The van der Waals surface area contributed by atoms with Gasteiger partial charge >= 0.3 is 13.6 Å². The molecule has 0 heterocycles. The topological polar surface area (TPSA) is 71.4 Å². The van der Waals surface area contributed by atoms with E-state index in [0.717, 1.165) is 6.42 Å². The lowest BCUT2D eigenvalue weighted by Crippen LogP contribution is -2.13. The number of hydrogen-bond donors (Lipinski definition) is 1. The molecule has 0 saturated carbocycles. The van der Waals surface area contributed by atoms with Crippen LogP contribution in [-0.4, -0.2) is 16.7 Å². The molecule has 1 N–H and O–H groups in total. The van der Waals surface area contributed by atoms with Crippen LogP contribution >= 0.6 is 7.68 Å². The third-order valence-electron chi connectivity index (χ3n) is 1.37. The van der Waals surface area contributed by atoms with E-state index < -0.39 is 19.3 Å². The highest BCUT2D eigenvalue weighted by molar-refractivity contribution is 7.33. The monoisotopic (exact) mass is 178 g/mol. The highest BCUT2D eigenvalue weighted by Crippen LogP contribution is 2.20. The minimum atomic E-state index is -2.81. The van der Waals surface area contributed by atoms with Gasteiger partial charge in [-0.1, -0.05) is 19.8 Å². The second kappa shape index (κ2) is 5.08. The van der Waals surface area contributed by atoms with Crippen LogP contribution in [0.4, 0.5) is 0 Å². The first-order valence-corrected chi connectivity index (χ1v) is 4.70. The van der Waals surface area contributed by atoms with E-state index in [1.807, 2.05) is 6.92 Å². The summed E-state index contributed by atoms with van der Waals surface area (Å²) < 4.78 is 20.6. The van der Waals surface area contributed by atoms with Crippen LogP contribution in [0.25, 0.3) is 0 Å². The first kappa shape index (κ1) is 10.4. The number of carboxylic acids is 1. The van der Waals surface area contributed by atoms with Crippen molar-refractivity contribution in [2.75, 3.05) is 0 Å². The van der Waals surface area contributed by atoms with Crippen molar-refractivity contribution in [1.82, 2.24) is 0 Å². The SMILES string of the molecule is CCCCC(C(=O)O)P(=O)=O. The van der Waals surface area contributed by atoms with Crippen LogP contribution in [0, 0.1) is 0 Å². The summed E-state index contributed by atoms with van der Waals surface area (Å²) in [5.41, 5.74) is -1.19. The smallest absolute Gasteiger partial charge is 0.330 e. The van der Waals surface area contributed by atoms with Crippen LogP contribution in [0.5, 0.6) is 0 Å². The van der Waals surface area contributed by atoms with Crippen LogP contribution in [0.3, 0.4) is 0 Å². The van der Waals surface area contributed by atoms with E-state index >= 15 is 0 Å². The number of carboxylic acid groups (broad SMARTS) is 1. The molecule has 0 radical (unpaired) electrons. The zero-order valence-electron chi connectivity index (χ0n) is 6.32. The van der Waals surface area contributed by atoms with Crippen molar-refractivity contribution in [1.29, 1.82) is 0 Å². The van der Waals surface area contributed by atoms with E-state index in [1.54, 1.807) is 0 Å². The van der Waals surface area contributed by atoms with Crippen LogP contribution in [-0.2, 0) is 13.9 Å². The molecule has 0 aromatic rings. The maximum Gasteiger partial charge on any atom is 0.330 e. The van der Waals surface area contributed by atoms with Gasteiger partial charge in [0.2, 0.25) is 0 Å². The molecule has 0 aromatic heterocycles. The third-order valence-corrected chi connectivity index (χ3v) is 2.36. The molecule has 0 aliphatic rings. The first-order chi connectivity index (χ1) is 5.09. The second-order valence-electron chi connectivity index (χ2n) is 2.28. The van der Waals surface area contributed by atoms with Gasteiger partial charge in [-0.05, 0) is 6.42 Å². The van der Waals surface area contributed by atoms with Crippen molar-refractivity contribution in [2.24, 2.45) is 0 Å². The van der Waals surface area contributed by atoms with Crippen molar-refractivity contribution in [3.63, 3.8) is 0 Å². The summed E-state index contributed by atoms with van der Waals surface area (Å²) in [4.78, 5) is 10.3. The summed E-state index contributed by atoms with van der Waals surface area (Å²) in [5.74, 6) is -1.24. The molecule has 0 rings (SSSR count). The Morgan fingerprint density at radius 2 is 2.09 bits per heavy atom. The quantitative estimate of drug-likeness (QED) is 0.651. The van der Waals surface area contributed by atoms with E-state index in [2.05, 4.69) is 0 Å². The van der Waals surface area contributed by atoms with E-state index in [9.17, 15) is 13.9 Å². The van der Waals surface area contributed by atoms with E-state index in [-0.39, 0.29) is 6.42 Å². The van der Waals surface area contributed by atoms with Gasteiger partial charge in [-0.25, -0.2) is 9.13 Å². The molecule has 0 spiro atoms. The average Bonchev–Trinajstić information content (AvgIpc) is 1.87. The zero-order chi connectivity index (χ0) is 8.85. The molecule has 11 heavy (non-hydrogen) atoms. The molecule has 5 heteroatoms. The van der Waals surface area contributed by atoms with Crippen LogP contribution < -0.4 is 0 Å². The van der Waals surface area contributed by atoms with Gasteiger partial charge in [0.1, 0.15) is 0 Å². The number of unbranched alkanes of at least 4 members (excludes halogenated alkanes) is 1. The molecule has 0 saturated heterocycles. The van der Waals surface area contributed by atoms with Crippen LogP contribution in [0.1, 0.15) is 26.2 Å². The zero-order valence-corrected chi connectivity index (χ0v) is 7.21. The second-order valence-corrected chi connectivity index (χ2v) is 3.48. The molecule has 1 atom stereocenters. The molecule has 0 amide bonds. The predicted molar refractivity (Wildman–Crippen MR) is 39.2 cm³/mol. The Bertz CT molecular complexity index is 189. The molecule has 1 unspecified atom stereocenters. The van der Waals surface area contributed by atoms with Crippen LogP contribution in [0.15, 0.2) is 0 Å². The van der Waals surface area contributed by atoms with E-state index in [1.165, 1.54) is 0 Å². The number of aliphatic carboxylic acids is 1. The van der Waals surface area contributed by atoms with Gasteiger partial charge in [0.15, 0.2) is 5.66 Å². The molecular weight excluding hydrogens is 167 g/mol. The number of carbonyl (C=O) groups is 1. The molecule has 0 aliphatic heterocycles. The standard InChI is InChI=1S/C6H11O4P/c1-2-3-4-5(6(7)8)11(9)10/h5H,2-4H2,1H3,(H,7,8). The highest BCUT2D eigenvalue weighted by atomic mass is 31.1. The largest absolute Gasteiger partial charge is 0.480 e. The molecule has 0 aliphatic carbocycles. The van der Waals surface area contributed by atoms with Crippen molar-refractivity contribution >= 4 is 13.6 Å². The van der Waals surface area contributed by atoms with Crippen molar-refractivity contribution in [3.05, 3.63) is 0 Å². The van der Waals surface area contributed by atoms with E-state index in [4.69, 9.17) is 5.11 Å². The average molecular weight is 178 g/mol. The first-order valence-electron chi connectivity index (χ1n) is 3.46. The van der Waals surface area contributed by atoms with Gasteiger partial charge in [-0.3, -0.25) is 4.79 Å². The molecule has 64 valence electrons. The summed E-state index contributed by atoms with van der Waals surface area (Å²) in [6, 6.07) is 0. The lowest BCUT2D eigenvalue weighted by molar-refractivity contribution is -0.136. The van der Waals surface area contributed by atoms with Gasteiger partial charge < -0.3 is 5.11 Å². The molecule has 0 fully saturated rings. The summed E-state index contributed by atoms with van der Waals surface area (Å²) in [5, 5.41) is 8.39. The Hall–Kier alpha value is -0.630. The Morgan fingerprint density at radius 3 is 2.36 bits per heavy atom. The molecular formula is C6H11O4P. The molecule has 4 nitrogen and oxygen atoms in total. The maximum atomic E-state index is 10.3. The van der Waals surface area contributed by atoms with Gasteiger partial charge in [-0.2, -0.15) is 0 Å². The normalized spacial score (nSPS) is 12.5. The fourth-order valence-electron chi connectivity index (χ4n) is 0.717. The van der Waals surface area contributed by atoms with Crippen LogP contribution in [0.2, 0.25) is 0 Å². The minimum absolute atomic E-state index is 0.227. The van der Waals surface area contributed by atoms with Crippen molar-refractivity contribution < 1.29 is 19.0 Å². The lowest BCUT2D eigenvalue weighted by Gasteiger charge is -1.99. The Morgan fingerprint density at radius 1 is 1.55 bits per heavy atom. The van der Waals surface area contributed by atoms with Crippen molar-refractivity contribution in [2.45, 2.75) is 31.8 Å². The van der Waals surface area contributed by atoms with Gasteiger partial charge in [-0.15, -0.1) is 0 Å². The van der Waals surface area contributed by atoms with Gasteiger partial charge in [0.25, 0.3) is 0 Å². The third kappa shape index (κ3) is 3.94. The Balaban J connectivity index is 4.01. The molecule has 0 bridgehead atoms. The Kier molecular flexibility index (Phi) is 4.79. The summed E-state index contributed by atoms with van der Waals surface area (Å²) in [6.07, 6.45) is 1.68. The summed E-state index contributed by atoms with van der Waals surface area (Å²) in [7, 11) is -2.81.